The Balaban J connectivity index is 1.89. The molecule has 0 saturated carbocycles. The standard InChI is InChI=1S/C16H24N2O2/c1-17(11-14-7-5-9-18(14)2)12-16(19)13-6-4-8-15(10-13)20-3/h4,6,8,10,14H,5,7,9,11-12H2,1-3H3. The summed E-state index contributed by atoms with van der Waals surface area (Å²) in [5, 5.41) is 0. The van der Waals surface area contributed by atoms with Crippen molar-refractivity contribution in [2.24, 2.45) is 0 Å². The SMILES string of the molecule is COc1cccc(C(=O)CN(C)CC2CCCN2C)c1. The molecule has 1 fully saturated rings. The Hall–Kier alpha value is -1.39. The van der Waals surface area contributed by atoms with Crippen LogP contribution in [-0.4, -0.2) is 62.5 Å². The Labute approximate surface area is 121 Å². The summed E-state index contributed by atoms with van der Waals surface area (Å²) >= 11 is 0. The van der Waals surface area contributed by atoms with Crippen molar-refractivity contribution in [3.63, 3.8) is 0 Å². The summed E-state index contributed by atoms with van der Waals surface area (Å²) in [6, 6.07) is 7.95. The molecule has 1 unspecified atom stereocenters. The molecule has 110 valence electrons. The van der Waals surface area contributed by atoms with Gasteiger partial charge >= 0.3 is 0 Å². The Morgan fingerprint density at radius 1 is 1.50 bits per heavy atom. The number of likely N-dealkylation sites (N-methyl/N-ethyl adjacent to an activating group) is 2. The van der Waals surface area contributed by atoms with Crippen molar-refractivity contribution in [3.05, 3.63) is 29.8 Å². The summed E-state index contributed by atoms with van der Waals surface area (Å²) in [5.41, 5.74) is 0.718. The number of ether oxygens (including phenoxy) is 1. The van der Waals surface area contributed by atoms with Gasteiger partial charge in [0.2, 0.25) is 0 Å². The fraction of sp³-hybridized carbons (Fsp3) is 0.562. The maximum absolute atomic E-state index is 12.3. The van der Waals surface area contributed by atoms with Crippen molar-refractivity contribution in [3.8, 4) is 5.75 Å². The van der Waals surface area contributed by atoms with Crippen LogP contribution in [0, 0.1) is 0 Å². The van der Waals surface area contributed by atoms with Crippen LogP contribution in [0.15, 0.2) is 24.3 Å². The number of hydrogen-bond donors (Lipinski definition) is 0. The molecule has 4 heteroatoms. The first-order valence-electron chi connectivity index (χ1n) is 7.16. The molecule has 0 aromatic heterocycles. The number of methoxy groups -OCH3 is 1. The molecule has 1 aliphatic heterocycles. The first-order chi connectivity index (χ1) is 9.60. The van der Waals surface area contributed by atoms with Crippen LogP contribution < -0.4 is 4.74 Å². The van der Waals surface area contributed by atoms with Crippen LogP contribution in [0.5, 0.6) is 5.75 Å². The van der Waals surface area contributed by atoms with Gasteiger partial charge in [-0.3, -0.25) is 9.69 Å². The van der Waals surface area contributed by atoms with E-state index in [1.807, 2.05) is 25.2 Å². The largest absolute Gasteiger partial charge is 0.497 e. The van der Waals surface area contributed by atoms with Crippen LogP contribution in [-0.2, 0) is 0 Å². The van der Waals surface area contributed by atoms with Crippen LogP contribution in [0.3, 0.4) is 0 Å². The van der Waals surface area contributed by atoms with E-state index in [9.17, 15) is 4.79 Å². The van der Waals surface area contributed by atoms with Crippen molar-refractivity contribution >= 4 is 5.78 Å². The monoisotopic (exact) mass is 276 g/mol. The third-order valence-electron chi connectivity index (χ3n) is 4.00. The molecule has 1 aliphatic rings. The van der Waals surface area contributed by atoms with E-state index in [1.165, 1.54) is 19.4 Å². The van der Waals surface area contributed by atoms with E-state index in [0.29, 0.717) is 12.6 Å². The van der Waals surface area contributed by atoms with E-state index in [0.717, 1.165) is 17.9 Å². The minimum atomic E-state index is 0.145. The fourth-order valence-corrected chi connectivity index (χ4v) is 2.77. The van der Waals surface area contributed by atoms with E-state index in [4.69, 9.17) is 4.74 Å². The average Bonchev–Trinajstić information content (AvgIpc) is 2.84. The molecule has 1 saturated heterocycles. The van der Waals surface area contributed by atoms with Crippen LogP contribution in [0.1, 0.15) is 23.2 Å². The predicted molar refractivity (Wildman–Crippen MR) is 80.5 cm³/mol. The molecule has 0 spiro atoms. The molecule has 0 radical (unpaired) electrons. The molecule has 0 N–H and O–H groups in total. The Morgan fingerprint density at radius 3 is 2.95 bits per heavy atom. The van der Waals surface area contributed by atoms with E-state index in [2.05, 4.69) is 16.8 Å². The minimum Gasteiger partial charge on any atom is -0.497 e. The molecule has 1 heterocycles. The van der Waals surface area contributed by atoms with E-state index >= 15 is 0 Å². The molecule has 1 aromatic rings. The van der Waals surface area contributed by atoms with Crippen molar-refractivity contribution in [2.45, 2.75) is 18.9 Å². The minimum absolute atomic E-state index is 0.145. The van der Waals surface area contributed by atoms with Gasteiger partial charge in [0.15, 0.2) is 5.78 Å². The summed E-state index contributed by atoms with van der Waals surface area (Å²) in [7, 11) is 5.80. The van der Waals surface area contributed by atoms with E-state index < -0.39 is 0 Å². The van der Waals surface area contributed by atoms with Gasteiger partial charge in [-0.15, -0.1) is 0 Å². The summed E-state index contributed by atoms with van der Waals surface area (Å²) in [4.78, 5) is 16.8. The second kappa shape index (κ2) is 6.86. The van der Waals surface area contributed by atoms with Gasteiger partial charge in [0.25, 0.3) is 0 Å². The molecule has 1 aromatic carbocycles. The van der Waals surface area contributed by atoms with Gasteiger partial charge < -0.3 is 9.64 Å². The zero-order valence-electron chi connectivity index (χ0n) is 12.6. The molecular weight excluding hydrogens is 252 g/mol. The number of likely N-dealkylation sites (tertiary alicyclic amines) is 1. The maximum atomic E-state index is 12.3. The summed E-state index contributed by atoms with van der Waals surface area (Å²) in [6.07, 6.45) is 2.49. The van der Waals surface area contributed by atoms with Crippen molar-refractivity contribution in [1.29, 1.82) is 0 Å². The van der Waals surface area contributed by atoms with Gasteiger partial charge in [-0.25, -0.2) is 0 Å². The van der Waals surface area contributed by atoms with Crippen molar-refractivity contribution < 1.29 is 9.53 Å². The molecule has 0 aliphatic carbocycles. The highest BCUT2D eigenvalue weighted by molar-refractivity contribution is 5.97. The Morgan fingerprint density at radius 2 is 2.30 bits per heavy atom. The molecule has 2 rings (SSSR count). The molecule has 0 amide bonds. The van der Waals surface area contributed by atoms with Gasteiger partial charge in [-0.05, 0) is 45.6 Å². The number of hydrogen-bond acceptors (Lipinski definition) is 4. The first kappa shape index (κ1) is 15.0. The van der Waals surface area contributed by atoms with E-state index in [-0.39, 0.29) is 5.78 Å². The van der Waals surface area contributed by atoms with Crippen molar-refractivity contribution in [1.82, 2.24) is 9.80 Å². The molecule has 1 atom stereocenters. The number of carbonyl (C=O) groups excluding carboxylic acids is 1. The number of nitrogens with zero attached hydrogens (tertiary/aromatic N) is 2. The highest BCUT2D eigenvalue weighted by Gasteiger charge is 2.22. The fourth-order valence-electron chi connectivity index (χ4n) is 2.77. The summed E-state index contributed by atoms with van der Waals surface area (Å²) in [5.74, 6) is 0.876. The van der Waals surface area contributed by atoms with Gasteiger partial charge in [-0.2, -0.15) is 0 Å². The Bertz CT molecular complexity index is 462. The van der Waals surface area contributed by atoms with Crippen LogP contribution >= 0.6 is 0 Å². The number of Topliss-reactive ketones (excluding diaryl/α,β-unsaturated/α-hetero) is 1. The second-order valence-electron chi connectivity index (χ2n) is 5.63. The quantitative estimate of drug-likeness (QED) is 0.743. The predicted octanol–water partition coefficient (Wildman–Crippen LogP) is 1.90. The molecule has 20 heavy (non-hydrogen) atoms. The van der Waals surface area contributed by atoms with Crippen LogP contribution in [0.2, 0.25) is 0 Å². The van der Waals surface area contributed by atoms with Gasteiger partial charge in [0.05, 0.1) is 13.7 Å². The highest BCUT2D eigenvalue weighted by Crippen LogP contribution is 2.16. The lowest BCUT2D eigenvalue weighted by Crippen LogP contribution is -2.38. The zero-order valence-corrected chi connectivity index (χ0v) is 12.6. The number of carbonyl (C=O) groups is 1. The van der Waals surface area contributed by atoms with E-state index in [1.54, 1.807) is 13.2 Å². The summed E-state index contributed by atoms with van der Waals surface area (Å²) < 4.78 is 5.16. The maximum Gasteiger partial charge on any atom is 0.176 e. The molecule has 0 bridgehead atoms. The number of ketones is 1. The lowest BCUT2D eigenvalue weighted by Gasteiger charge is -2.25. The lowest BCUT2D eigenvalue weighted by atomic mass is 10.1. The topological polar surface area (TPSA) is 32.8 Å². The van der Waals surface area contributed by atoms with Crippen LogP contribution in [0.25, 0.3) is 0 Å². The van der Waals surface area contributed by atoms with Crippen LogP contribution in [0.4, 0.5) is 0 Å². The third kappa shape index (κ3) is 3.81. The summed E-state index contributed by atoms with van der Waals surface area (Å²) in [6.45, 7) is 2.58. The number of rotatable bonds is 6. The zero-order chi connectivity index (χ0) is 14.5. The second-order valence-corrected chi connectivity index (χ2v) is 5.63. The van der Waals surface area contributed by atoms with Crippen molar-refractivity contribution in [2.75, 3.05) is 40.8 Å². The highest BCUT2D eigenvalue weighted by atomic mass is 16.5. The average molecular weight is 276 g/mol. The van der Waals surface area contributed by atoms with Gasteiger partial charge in [0, 0.05) is 18.2 Å². The smallest absolute Gasteiger partial charge is 0.176 e. The normalized spacial score (nSPS) is 19.5. The van der Waals surface area contributed by atoms with Gasteiger partial charge in [-0.1, -0.05) is 12.1 Å². The number of benzene rings is 1. The van der Waals surface area contributed by atoms with Gasteiger partial charge in [0.1, 0.15) is 5.75 Å². The Kier molecular flexibility index (Phi) is 5.15. The third-order valence-corrected chi connectivity index (χ3v) is 4.00. The molecular formula is C16H24N2O2. The lowest BCUT2D eigenvalue weighted by molar-refractivity contribution is 0.0932. The first-order valence-corrected chi connectivity index (χ1v) is 7.16. The molecule has 4 nitrogen and oxygen atoms in total.